The van der Waals surface area contributed by atoms with Crippen LogP contribution in [0.1, 0.15) is 46.5 Å². The van der Waals surface area contributed by atoms with Gasteiger partial charge in [0.05, 0.1) is 0 Å². The number of urea groups is 1. The highest BCUT2D eigenvalue weighted by Gasteiger charge is 2.18. The molecule has 2 amide bonds. The Hall–Kier alpha value is -1.26. The van der Waals surface area contributed by atoms with E-state index in [-0.39, 0.29) is 18.5 Å². The maximum Gasteiger partial charge on any atom is 0.317 e. The molecular formula is C12H24N2O3. The fraction of sp³-hybridized carbons (Fsp3) is 0.833. The minimum atomic E-state index is -0.827. The summed E-state index contributed by atoms with van der Waals surface area (Å²) in [6.45, 7) is 7.18. The normalized spacial score (nSPS) is 10.4. The lowest BCUT2D eigenvalue weighted by Gasteiger charge is -2.29. The summed E-state index contributed by atoms with van der Waals surface area (Å²) in [7, 11) is 0. The molecule has 0 aliphatic rings. The Bertz CT molecular complexity index is 240. The van der Waals surface area contributed by atoms with Crippen LogP contribution in [0, 0.1) is 0 Å². The second kappa shape index (κ2) is 8.84. The van der Waals surface area contributed by atoms with Gasteiger partial charge in [-0.3, -0.25) is 4.79 Å². The van der Waals surface area contributed by atoms with Crippen molar-refractivity contribution in [1.29, 1.82) is 0 Å². The fourth-order valence-corrected chi connectivity index (χ4v) is 1.83. The number of carboxylic acid groups (broad SMARTS) is 1. The second-order valence-electron chi connectivity index (χ2n) is 3.99. The van der Waals surface area contributed by atoms with E-state index in [0.717, 1.165) is 12.8 Å². The largest absolute Gasteiger partial charge is 0.481 e. The number of carboxylic acids is 1. The summed E-state index contributed by atoms with van der Waals surface area (Å²) in [5, 5.41) is 11.2. The van der Waals surface area contributed by atoms with Crippen molar-refractivity contribution in [2.45, 2.75) is 52.5 Å². The zero-order chi connectivity index (χ0) is 13.3. The number of hydrogen-bond donors (Lipinski definition) is 2. The number of carbonyl (C=O) groups excluding carboxylic acids is 1. The molecule has 0 rings (SSSR count). The zero-order valence-electron chi connectivity index (χ0n) is 11.0. The molecule has 0 saturated heterocycles. The minimum Gasteiger partial charge on any atom is -0.481 e. The Labute approximate surface area is 103 Å². The van der Waals surface area contributed by atoms with Crippen molar-refractivity contribution in [3.05, 3.63) is 0 Å². The van der Waals surface area contributed by atoms with E-state index in [1.54, 1.807) is 4.90 Å². The van der Waals surface area contributed by atoms with Gasteiger partial charge in [-0.25, -0.2) is 4.79 Å². The number of aliphatic carboxylic acids is 1. The van der Waals surface area contributed by atoms with Crippen LogP contribution in [0.5, 0.6) is 0 Å². The highest BCUT2D eigenvalue weighted by atomic mass is 16.4. The van der Waals surface area contributed by atoms with Gasteiger partial charge in [0.2, 0.25) is 0 Å². The monoisotopic (exact) mass is 244 g/mol. The first-order valence-electron chi connectivity index (χ1n) is 6.32. The van der Waals surface area contributed by atoms with Crippen LogP contribution < -0.4 is 5.32 Å². The summed E-state index contributed by atoms with van der Waals surface area (Å²) in [6, 6.07) is 0.172. The van der Waals surface area contributed by atoms with Crippen molar-refractivity contribution in [2.24, 2.45) is 0 Å². The van der Waals surface area contributed by atoms with Crippen molar-refractivity contribution < 1.29 is 14.7 Å². The summed E-state index contributed by atoms with van der Waals surface area (Å²) >= 11 is 0. The predicted octanol–water partition coefficient (Wildman–Crippen LogP) is 2.07. The molecule has 0 heterocycles. The number of rotatable bonds is 8. The van der Waals surface area contributed by atoms with Gasteiger partial charge >= 0.3 is 12.0 Å². The van der Waals surface area contributed by atoms with Gasteiger partial charge in [-0.1, -0.05) is 13.8 Å². The molecule has 100 valence electrons. The lowest BCUT2D eigenvalue weighted by Crippen LogP contribution is -2.45. The third-order valence-corrected chi connectivity index (χ3v) is 2.83. The molecule has 0 aliphatic heterocycles. The van der Waals surface area contributed by atoms with Crippen LogP contribution in [0.2, 0.25) is 0 Å². The number of nitrogens with one attached hydrogen (secondary N) is 1. The summed E-state index contributed by atoms with van der Waals surface area (Å²) in [6.07, 6.45) is 2.44. The second-order valence-corrected chi connectivity index (χ2v) is 3.99. The smallest absolute Gasteiger partial charge is 0.317 e. The Morgan fingerprint density at radius 1 is 1.24 bits per heavy atom. The molecule has 0 unspecified atom stereocenters. The standard InChI is InChI=1S/C12H24N2O3/c1-4-10(5-2)14(6-3)12(17)13-9-7-8-11(15)16/h10H,4-9H2,1-3H3,(H,13,17)(H,15,16). The lowest BCUT2D eigenvalue weighted by molar-refractivity contribution is -0.137. The van der Waals surface area contributed by atoms with E-state index in [9.17, 15) is 9.59 Å². The van der Waals surface area contributed by atoms with E-state index in [2.05, 4.69) is 19.2 Å². The van der Waals surface area contributed by atoms with Gasteiger partial charge in [0.1, 0.15) is 0 Å². The number of carbonyl (C=O) groups is 2. The average molecular weight is 244 g/mol. The maximum absolute atomic E-state index is 11.8. The van der Waals surface area contributed by atoms with Crippen molar-refractivity contribution in [1.82, 2.24) is 10.2 Å². The molecule has 0 spiro atoms. The van der Waals surface area contributed by atoms with Gasteiger partial charge < -0.3 is 15.3 Å². The van der Waals surface area contributed by atoms with E-state index in [1.807, 2.05) is 6.92 Å². The Morgan fingerprint density at radius 2 is 1.82 bits per heavy atom. The quantitative estimate of drug-likeness (QED) is 0.642. The number of amides is 2. The molecule has 0 fully saturated rings. The van der Waals surface area contributed by atoms with Crippen LogP contribution >= 0.6 is 0 Å². The first-order valence-corrected chi connectivity index (χ1v) is 6.32. The molecule has 0 radical (unpaired) electrons. The molecule has 2 N–H and O–H groups in total. The van der Waals surface area contributed by atoms with E-state index in [4.69, 9.17) is 5.11 Å². The van der Waals surface area contributed by atoms with Crippen LogP contribution in [0.3, 0.4) is 0 Å². The molecular weight excluding hydrogens is 220 g/mol. The molecule has 0 bridgehead atoms. The van der Waals surface area contributed by atoms with Crippen LogP contribution in [0.15, 0.2) is 0 Å². The fourth-order valence-electron chi connectivity index (χ4n) is 1.83. The zero-order valence-corrected chi connectivity index (χ0v) is 11.0. The number of hydrogen-bond acceptors (Lipinski definition) is 2. The highest BCUT2D eigenvalue weighted by Crippen LogP contribution is 2.08. The number of nitrogens with zero attached hydrogens (tertiary/aromatic N) is 1. The van der Waals surface area contributed by atoms with Crippen LogP contribution in [0.4, 0.5) is 4.79 Å². The molecule has 0 aromatic heterocycles. The van der Waals surface area contributed by atoms with Crippen molar-refractivity contribution in [3.63, 3.8) is 0 Å². The van der Waals surface area contributed by atoms with Gasteiger partial charge in [-0.2, -0.15) is 0 Å². The maximum atomic E-state index is 11.8. The molecule has 5 nitrogen and oxygen atoms in total. The van der Waals surface area contributed by atoms with E-state index in [1.165, 1.54) is 0 Å². The van der Waals surface area contributed by atoms with Gasteiger partial charge in [-0.15, -0.1) is 0 Å². The minimum absolute atomic E-state index is 0.0911. The van der Waals surface area contributed by atoms with Crippen molar-refractivity contribution in [3.8, 4) is 0 Å². The average Bonchev–Trinajstić information content (AvgIpc) is 2.30. The SMILES string of the molecule is CCC(CC)N(CC)C(=O)NCCCC(=O)O. The third-order valence-electron chi connectivity index (χ3n) is 2.83. The third kappa shape index (κ3) is 6.14. The molecule has 0 atom stereocenters. The summed E-state index contributed by atoms with van der Waals surface area (Å²) in [4.78, 5) is 24.0. The topological polar surface area (TPSA) is 69.6 Å². The van der Waals surface area contributed by atoms with Gasteiger partial charge in [0.15, 0.2) is 0 Å². The molecule has 17 heavy (non-hydrogen) atoms. The van der Waals surface area contributed by atoms with Crippen LogP contribution in [0.25, 0.3) is 0 Å². The molecule has 5 heteroatoms. The van der Waals surface area contributed by atoms with E-state index < -0.39 is 5.97 Å². The van der Waals surface area contributed by atoms with Crippen LogP contribution in [-0.4, -0.2) is 41.1 Å². The molecule has 0 aromatic rings. The first-order chi connectivity index (χ1) is 8.06. The Balaban J connectivity index is 4.03. The highest BCUT2D eigenvalue weighted by molar-refractivity contribution is 5.74. The Kier molecular flexibility index (Phi) is 8.19. The van der Waals surface area contributed by atoms with E-state index >= 15 is 0 Å². The first kappa shape index (κ1) is 15.7. The van der Waals surface area contributed by atoms with Gasteiger partial charge in [0, 0.05) is 25.6 Å². The molecule has 0 aliphatic carbocycles. The van der Waals surface area contributed by atoms with Crippen LogP contribution in [-0.2, 0) is 4.79 Å². The van der Waals surface area contributed by atoms with Gasteiger partial charge in [0.25, 0.3) is 0 Å². The summed E-state index contributed by atoms with van der Waals surface area (Å²) in [5.41, 5.74) is 0. The summed E-state index contributed by atoms with van der Waals surface area (Å²) < 4.78 is 0. The molecule has 0 saturated carbocycles. The molecule has 0 aromatic carbocycles. The Morgan fingerprint density at radius 3 is 2.24 bits per heavy atom. The predicted molar refractivity (Wildman–Crippen MR) is 67.0 cm³/mol. The van der Waals surface area contributed by atoms with Crippen molar-refractivity contribution >= 4 is 12.0 Å². The van der Waals surface area contributed by atoms with Crippen molar-refractivity contribution in [2.75, 3.05) is 13.1 Å². The van der Waals surface area contributed by atoms with Gasteiger partial charge in [-0.05, 0) is 26.2 Å². The van der Waals surface area contributed by atoms with E-state index in [0.29, 0.717) is 19.5 Å². The lowest BCUT2D eigenvalue weighted by atomic mass is 10.1. The summed E-state index contributed by atoms with van der Waals surface area (Å²) in [5.74, 6) is -0.827.